The predicted molar refractivity (Wildman–Crippen MR) is 123 cm³/mol. The Balaban J connectivity index is 0.00000320. The Kier molecular flexibility index (Phi) is 9.86. The summed E-state index contributed by atoms with van der Waals surface area (Å²) >= 11 is 0. The first-order valence-corrected chi connectivity index (χ1v) is 13.0. The fraction of sp³-hybridized carbons (Fsp3) is 0.174. The molecule has 0 heterocycles. The molecular formula is C23H26LiNO3P2. The minimum Gasteiger partial charge on any atom is -0.456 e. The average Bonchev–Trinajstić information content (AvgIpc) is 2.77. The van der Waals surface area contributed by atoms with Crippen LogP contribution in [0.15, 0.2) is 95.7 Å². The van der Waals surface area contributed by atoms with E-state index < -0.39 is 14.7 Å². The van der Waals surface area contributed by atoms with Crippen LogP contribution >= 0.6 is 14.7 Å². The molecule has 3 aromatic carbocycles. The van der Waals surface area contributed by atoms with Gasteiger partial charge in [-0.3, -0.25) is 4.57 Å². The van der Waals surface area contributed by atoms with Crippen LogP contribution in [-0.2, 0) is 13.6 Å². The van der Waals surface area contributed by atoms with Gasteiger partial charge in [0.05, 0.1) is 13.2 Å². The smallest absolute Gasteiger partial charge is 0.456 e. The zero-order chi connectivity index (χ0) is 20.6. The van der Waals surface area contributed by atoms with E-state index in [2.05, 4.69) is 36.4 Å². The van der Waals surface area contributed by atoms with Gasteiger partial charge in [0, 0.05) is 7.05 Å². The molecule has 3 aromatic rings. The zero-order valence-corrected chi connectivity index (χ0v) is 19.5. The molecule has 3 rings (SSSR count). The minimum absolute atomic E-state index is 0. The van der Waals surface area contributed by atoms with Gasteiger partial charge in [-0.15, -0.1) is 6.29 Å². The molecular weight excluding hydrogens is 407 g/mol. The molecule has 0 saturated heterocycles. The van der Waals surface area contributed by atoms with Gasteiger partial charge in [0.2, 0.25) is 7.60 Å². The molecule has 0 radical (unpaired) electrons. The van der Waals surface area contributed by atoms with Gasteiger partial charge in [-0.05, 0) is 29.8 Å². The first-order valence-electron chi connectivity index (χ1n) is 9.66. The second kappa shape index (κ2) is 11.9. The van der Waals surface area contributed by atoms with Crippen molar-refractivity contribution in [3.63, 3.8) is 0 Å². The van der Waals surface area contributed by atoms with E-state index in [1.807, 2.05) is 54.6 Å². The molecule has 0 aromatic heterocycles. The maximum atomic E-state index is 13.2. The Morgan fingerprint density at radius 3 is 1.33 bits per heavy atom. The van der Waals surface area contributed by atoms with E-state index in [4.69, 9.17) is 13.8 Å². The van der Waals surface area contributed by atoms with Crippen LogP contribution in [0.25, 0.3) is 0 Å². The van der Waals surface area contributed by atoms with Crippen molar-refractivity contribution in [3.05, 3.63) is 97.3 Å². The van der Waals surface area contributed by atoms with Gasteiger partial charge in [0.25, 0.3) is 0 Å². The van der Waals surface area contributed by atoms with E-state index in [-0.39, 0.29) is 32.1 Å². The van der Waals surface area contributed by atoms with E-state index >= 15 is 0 Å². The largest absolute Gasteiger partial charge is 1.00 e. The van der Waals surface area contributed by atoms with Crippen molar-refractivity contribution in [1.29, 1.82) is 0 Å². The second-order valence-electron chi connectivity index (χ2n) is 6.25. The zero-order valence-electron chi connectivity index (χ0n) is 17.7. The third-order valence-electron chi connectivity index (χ3n) is 4.37. The van der Waals surface area contributed by atoms with E-state index in [1.54, 1.807) is 13.8 Å². The molecule has 152 valence electrons. The van der Waals surface area contributed by atoms with Gasteiger partial charge in [-0.1, -0.05) is 91.0 Å². The summed E-state index contributed by atoms with van der Waals surface area (Å²) in [4.78, 5) is 0. The number of hydrogen-bond donors (Lipinski definition) is 0. The molecule has 0 fully saturated rings. The normalized spacial score (nSPS) is 11.5. The van der Waals surface area contributed by atoms with Crippen LogP contribution in [0.4, 0.5) is 0 Å². The summed E-state index contributed by atoms with van der Waals surface area (Å²) in [5.41, 5.74) is 0. The Morgan fingerprint density at radius 1 is 0.700 bits per heavy atom. The standard InChI is InChI=1S/C23H26NO3P2.Li/c1-3-26-28(25,27-4-2)20-24-29(21-14-8-5-9-15-21,22-16-10-6-11-17-22)23-18-12-7-13-19-23;/h5-20H,3-4H2,1-2H3;/q-1;+1. The minimum atomic E-state index is -3.44. The van der Waals surface area contributed by atoms with Gasteiger partial charge in [-0.25, -0.2) is 0 Å². The predicted octanol–water partition coefficient (Wildman–Crippen LogP) is 2.55. The molecule has 7 heteroatoms. The fourth-order valence-electron chi connectivity index (χ4n) is 3.18. The topological polar surface area (TPSA) is 47.9 Å². The summed E-state index contributed by atoms with van der Waals surface area (Å²) < 4.78 is 29.2. The summed E-state index contributed by atoms with van der Waals surface area (Å²) in [6.07, 6.45) is 1.42. The third-order valence-corrected chi connectivity index (χ3v) is 9.79. The van der Waals surface area contributed by atoms with Crippen molar-refractivity contribution in [3.8, 4) is 0 Å². The molecule has 0 spiro atoms. The first-order chi connectivity index (χ1) is 14.1. The van der Waals surface area contributed by atoms with Crippen LogP contribution in [0.1, 0.15) is 13.8 Å². The number of nitrogens with zero attached hydrogens (tertiary/aromatic N) is 1. The molecule has 0 saturated carbocycles. The first kappa shape index (κ1) is 24.9. The molecule has 0 N–H and O–H groups in total. The van der Waals surface area contributed by atoms with Crippen molar-refractivity contribution in [2.75, 3.05) is 13.2 Å². The van der Waals surface area contributed by atoms with E-state index in [0.29, 0.717) is 0 Å². The van der Waals surface area contributed by atoms with Crippen molar-refractivity contribution in [2.45, 2.75) is 13.8 Å². The molecule has 0 bridgehead atoms. The number of hydrogen-bond acceptors (Lipinski definition) is 4. The maximum absolute atomic E-state index is 13.2. The van der Waals surface area contributed by atoms with E-state index in [9.17, 15) is 4.57 Å². The van der Waals surface area contributed by atoms with Crippen LogP contribution < -0.4 is 34.8 Å². The molecule has 0 aliphatic rings. The number of benzene rings is 3. The van der Waals surface area contributed by atoms with Crippen molar-refractivity contribution in [2.24, 2.45) is 4.74 Å². The fourth-order valence-corrected chi connectivity index (χ4v) is 8.34. The second-order valence-corrected chi connectivity index (χ2v) is 11.1. The SMILES string of the molecule is CCOP(=O)([CH-]N=P(c1ccccc1)(c1ccccc1)c1ccccc1)OCC.[Li+]. The summed E-state index contributed by atoms with van der Waals surface area (Å²) in [6.45, 7) is 4.18. The maximum Gasteiger partial charge on any atom is 1.00 e. The van der Waals surface area contributed by atoms with E-state index in [0.717, 1.165) is 15.9 Å². The van der Waals surface area contributed by atoms with Crippen LogP contribution in [-0.4, -0.2) is 13.2 Å². The average molecular weight is 433 g/mol. The van der Waals surface area contributed by atoms with Crippen LogP contribution in [0.2, 0.25) is 0 Å². The molecule has 0 aliphatic carbocycles. The number of rotatable bonds is 9. The third kappa shape index (κ3) is 5.66. The van der Waals surface area contributed by atoms with Gasteiger partial charge in [0.15, 0.2) is 0 Å². The molecule has 0 atom stereocenters. The van der Waals surface area contributed by atoms with Crippen LogP contribution in [0.3, 0.4) is 0 Å². The van der Waals surface area contributed by atoms with Crippen molar-refractivity contribution in [1.82, 2.24) is 0 Å². The molecule has 30 heavy (non-hydrogen) atoms. The molecule has 0 amide bonds. The van der Waals surface area contributed by atoms with Gasteiger partial charge < -0.3 is 13.8 Å². The summed E-state index contributed by atoms with van der Waals surface area (Å²) in [5, 5.41) is 3.23. The van der Waals surface area contributed by atoms with Gasteiger partial charge >= 0.3 is 18.9 Å². The Morgan fingerprint density at radius 2 is 1.03 bits per heavy atom. The van der Waals surface area contributed by atoms with E-state index in [1.165, 1.54) is 6.29 Å². The summed E-state index contributed by atoms with van der Waals surface area (Å²) in [6, 6.07) is 30.5. The Bertz CT molecular complexity index is 885. The Hall–Kier alpha value is -1.36. The Labute approximate surface area is 191 Å². The van der Waals surface area contributed by atoms with Crippen LogP contribution in [0.5, 0.6) is 0 Å². The molecule has 4 nitrogen and oxygen atoms in total. The quantitative estimate of drug-likeness (QED) is 0.296. The van der Waals surface area contributed by atoms with Crippen molar-refractivity contribution >= 4 is 30.6 Å². The molecule has 0 aliphatic heterocycles. The molecule has 0 unspecified atom stereocenters. The summed E-state index contributed by atoms with van der Waals surface area (Å²) in [5.74, 6) is 0. The van der Waals surface area contributed by atoms with Crippen LogP contribution in [0, 0.1) is 6.29 Å². The summed E-state index contributed by atoms with van der Waals surface area (Å²) in [7, 11) is -5.90. The van der Waals surface area contributed by atoms with Gasteiger partial charge in [-0.2, -0.15) is 0 Å². The van der Waals surface area contributed by atoms with Gasteiger partial charge in [0.1, 0.15) is 0 Å². The monoisotopic (exact) mass is 433 g/mol. The van der Waals surface area contributed by atoms with Crippen molar-refractivity contribution < 1.29 is 32.5 Å².